The van der Waals surface area contributed by atoms with Crippen molar-refractivity contribution in [2.75, 3.05) is 0 Å². The number of pyridine rings is 2. The number of aliphatic hydroxyl groups is 3. The highest BCUT2D eigenvalue weighted by atomic mass is 32.2. The van der Waals surface area contributed by atoms with Gasteiger partial charge in [0, 0.05) is 24.0 Å². The minimum absolute atomic E-state index is 0.190. The van der Waals surface area contributed by atoms with E-state index in [0.717, 1.165) is 24.5 Å². The Morgan fingerprint density at radius 3 is 2.39 bits per heavy atom. The molecular weight excluding hydrogens is 406 g/mol. The molecule has 1 aliphatic rings. The van der Waals surface area contributed by atoms with Gasteiger partial charge in [0.2, 0.25) is 17.7 Å². The predicted molar refractivity (Wildman–Crippen MR) is 86.2 cm³/mol. The highest BCUT2D eigenvalue weighted by molar-refractivity contribution is 7.86. The molecule has 0 bridgehead atoms. The van der Waals surface area contributed by atoms with Crippen LogP contribution in [0.3, 0.4) is 0 Å². The van der Waals surface area contributed by atoms with Crippen LogP contribution in [0.2, 0.25) is 0 Å². The third kappa shape index (κ3) is 4.09. The Morgan fingerprint density at radius 2 is 1.75 bits per heavy atom. The molecule has 0 amide bonds. The van der Waals surface area contributed by atoms with Gasteiger partial charge in [-0.15, -0.1) is 0 Å². The second-order valence-electron chi connectivity index (χ2n) is 5.86. The molecule has 0 aliphatic carbocycles. The molecule has 1 unspecified atom stereocenters. The second-order valence-corrected chi connectivity index (χ2v) is 7.35. The first-order chi connectivity index (χ1) is 13.1. The van der Waals surface area contributed by atoms with Gasteiger partial charge < -0.3 is 24.8 Å². The van der Waals surface area contributed by atoms with Crippen LogP contribution in [0.1, 0.15) is 0 Å². The topological polar surface area (TPSA) is 159 Å². The van der Waals surface area contributed by atoms with Crippen molar-refractivity contribution < 1.29 is 46.5 Å². The summed E-state index contributed by atoms with van der Waals surface area (Å²) in [5.74, 6) is -2.61. The maximum Gasteiger partial charge on any atom is 0.295 e. The van der Waals surface area contributed by atoms with Crippen LogP contribution in [0, 0.1) is 11.9 Å². The van der Waals surface area contributed by atoms with Crippen molar-refractivity contribution in [2.24, 2.45) is 0 Å². The van der Waals surface area contributed by atoms with E-state index >= 15 is 0 Å². The lowest BCUT2D eigenvalue weighted by Crippen LogP contribution is -2.61. The number of halogens is 2. The Labute approximate surface area is 156 Å². The summed E-state index contributed by atoms with van der Waals surface area (Å²) in [5, 5.41) is 29.3. The molecule has 0 radical (unpaired) electrons. The van der Waals surface area contributed by atoms with Crippen molar-refractivity contribution in [1.82, 2.24) is 9.97 Å². The highest BCUT2D eigenvalue weighted by Gasteiger charge is 2.50. The zero-order valence-electron chi connectivity index (χ0n) is 13.8. The molecule has 3 rings (SSSR count). The normalized spacial score (nSPS) is 28.1. The summed E-state index contributed by atoms with van der Waals surface area (Å²) < 4.78 is 68.8. The monoisotopic (exact) mass is 420 g/mol. The smallest absolute Gasteiger partial charge is 0.295 e. The van der Waals surface area contributed by atoms with E-state index in [1.807, 2.05) is 0 Å². The summed E-state index contributed by atoms with van der Waals surface area (Å²) in [5.41, 5.74) is -1.89. The predicted octanol–water partition coefficient (Wildman–Crippen LogP) is -0.546. The number of ether oxygens (including phenoxy) is 2. The zero-order chi connectivity index (χ0) is 20.6. The summed E-state index contributed by atoms with van der Waals surface area (Å²) in [6.07, 6.45) is -6.01. The molecule has 0 aromatic carbocycles. The Hall–Kier alpha value is -2.29. The number of hydrogen-bond donors (Lipinski definition) is 4. The van der Waals surface area contributed by atoms with Crippen LogP contribution in [0.25, 0.3) is 11.1 Å². The molecule has 152 valence electrons. The number of aliphatic hydroxyl groups excluding tert-OH is 3. The maximum atomic E-state index is 14.0. The lowest BCUT2D eigenvalue weighted by Gasteiger charge is -2.38. The molecule has 28 heavy (non-hydrogen) atoms. The quantitative estimate of drug-likeness (QED) is 0.373. The number of nitrogens with zero attached hydrogens (tertiary/aromatic N) is 2. The average Bonchev–Trinajstić information content (AvgIpc) is 2.62. The molecule has 1 fully saturated rings. The molecule has 1 aliphatic heterocycles. The zero-order valence-corrected chi connectivity index (χ0v) is 14.6. The molecule has 1 saturated heterocycles. The minimum Gasteiger partial charge on any atom is -0.457 e. The van der Waals surface area contributed by atoms with Crippen LogP contribution in [0.4, 0.5) is 8.78 Å². The third-order valence-electron chi connectivity index (χ3n) is 3.93. The van der Waals surface area contributed by atoms with E-state index in [9.17, 15) is 32.5 Å². The molecule has 2 aromatic heterocycles. The van der Waals surface area contributed by atoms with Crippen molar-refractivity contribution >= 4 is 10.1 Å². The van der Waals surface area contributed by atoms with E-state index < -0.39 is 57.8 Å². The van der Waals surface area contributed by atoms with Gasteiger partial charge >= 0.3 is 0 Å². The van der Waals surface area contributed by atoms with Gasteiger partial charge in [-0.1, -0.05) is 0 Å². The van der Waals surface area contributed by atoms with Gasteiger partial charge in [0.05, 0.1) is 0 Å². The Kier molecular flexibility index (Phi) is 5.56. The maximum absolute atomic E-state index is 14.0. The molecule has 4 N–H and O–H groups in total. The van der Waals surface area contributed by atoms with E-state index in [-0.39, 0.29) is 11.1 Å². The highest BCUT2D eigenvalue weighted by Crippen LogP contribution is 2.30. The van der Waals surface area contributed by atoms with Crippen molar-refractivity contribution in [3.63, 3.8) is 0 Å². The van der Waals surface area contributed by atoms with E-state index in [1.54, 1.807) is 0 Å². The first-order valence-corrected chi connectivity index (χ1v) is 9.18. The standard InChI is InChI=1S/C15H14F2N2O8S/c16-9-4-6(1-2-18-9)7-3-8(13(17)19-5-7)26-14-11(21)10(20)12(22)15(27-14)28(23,24)25/h1-5,10-12,14-15,20-22H,(H,23,24,25)/t10-,11-,12+,14-,15?/m1/s1. The second kappa shape index (κ2) is 7.62. The van der Waals surface area contributed by atoms with Crippen LogP contribution in [0.15, 0.2) is 30.6 Å². The number of aromatic nitrogens is 2. The fourth-order valence-corrected chi connectivity index (χ4v) is 3.30. The molecule has 3 heterocycles. The van der Waals surface area contributed by atoms with Crippen molar-refractivity contribution in [3.8, 4) is 16.9 Å². The first kappa shape index (κ1) is 20.4. The van der Waals surface area contributed by atoms with Gasteiger partial charge in [0.1, 0.15) is 18.3 Å². The number of rotatable bonds is 4. The van der Waals surface area contributed by atoms with E-state index in [2.05, 4.69) is 9.97 Å². The van der Waals surface area contributed by atoms with Gasteiger partial charge in [-0.2, -0.15) is 17.2 Å². The molecular formula is C15H14F2N2O8S. The van der Waals surface area contributed by atoms with Gasteiger partial charge in [0.25, 0.3) is 16.1 Å². The van der Waals surface area contributed by atoms with Gasteiger partial charge in [-0.25, -0.2) is 9.97 Å². The molecule has 5 atom stereocenters. The minimum atomic E-state index is -5.00. The van der Waals surface area contributed by atoms with Crippen molar-refractivity contribution in [2.45, 2.75) is 30.0 Å². The van der Waals surface area contributed by atoms with Gasteiger partial charge in [0.15, 0.2) is 5.75 Å². The average molecular weight is 420 g/mol. The fourth-order valence-electron chi connectivity index (χ4n) is 2.54. The lowest BCUT2D eigenvalue weighted by atomic mass is 10.1. The van der Waals surface area contributed by atoms with Crippen LogP contribution in [-0.2, 0) is 14.9 Å². The van der Waals surface area contributed by atoms with Crippen LogP contribution < -0.4 is 4.74 Å². The largest absolute Gasteiger partial charge is 0.457 e. The summed E-state index contributed by atoms with van der Waals surface area (Å²) in [6.45, 7) is 0. The van der Waals surface area contributed by atoms with E-state index in [0.29, 0.717) is 0 Å². The summed E-state index contributed by atoms with van der Waals surface area (Å²) in [6, 6.07) is 3.51. The summed E-state index contributed by atoms with van der Waals surface area (Å²) >= 11 is 0. The Balaban J connectivity index is 1.91. The Morgan fingerprint density at radius 1 is 1.04 bits per heavy atom. The van der Waals surface area contributed by atoms with E-state index in [1.165, 1.54) is 6.07 Å². The van der Waals surface area contributed by atoms with Crippen LogP contribution in [-0.4, -0.2) is 68.3 Å². The number of hydrogen-bond acceptors (Lipinski definition) is 9. The molecule has 0 saturated carbocycles. The van der Waals surface area contributed by atoms with Gasteiger partial charge in [-0.3, -0.25) is 4.55 Å². The lowest BCUT2D eigenvalue weighted by molar-refractivity contribution is -0.254. The molecule has 13 heteroatoms. The van der Waals surface area contributed by atoms with E-state index in [4.69, 9.17) is 14.0 Å². The van der Waals surface area contributed by atoms with Crippen LogP contribution >= 0.6 is 0 Å². The SMILES string of the molecule is O=S(=O)(O)C1O[C@@H](Oc2cc(-c3ccnc(F)c3)cnc2F)[C@H](O)[C@@H](O)[C@@H]1O. The molecule has 10 nitrogen and oxygen atoms in total. The third-order valence-corrected chi connectivity index (χ3v) is 4.91. The van der Waals surface area contributed by atoms with Crippen molar-refractivity contribution in [3.05, 3.63) is 42.5 Å². The molecule has 2 aromatic rings. The van der Waals surface area contributed by atoms with Crippen LogP contribution in [0.5, 0.6) is 5.75 Å². The fraction of sp³-hybridized carbons (Fsp3) is 0.333. The summed E-state index contributed by atoms with van der Waals surface area (Å²) in [7, 11) is -5.00. The first-order valence-electron chi connectivity index (χ1n) is 7.68. The van der Waals surface area contributed by atoms with Gasteiger partial charge in [-0.05, 0) is 17.7 Å². The molecule has 0 spiro atoms. The summed E-state index contributed by atoms with van der Waals surface area (Å²) in [4.78, 5) is 6.80. The van der Waals surface area contributed by atoms with Crippen molar-refractivity contribution in [1.29, 1.82) is 0 Å². The Bertz CT molecular complexity index is 976.